The Hall–Kier alpha value is -2.02. The fraction of sp³-hybridized carbons (Fsp3) is 0.381. The van der Waals surface area contributed by atoms with E-state index in [0.29, 0.717) is 36.4 Å². The predicted molar refractivity (Wildman–Crippen MR) is 116 cm³/mol. The van der Waals surface area contributed by atoms with E-state index >= 15 is 0 Å². The van der Waals surface area contributed by atoms with Crippen LogP contribution in [0.1, 0.15) is 28.8 Å². The maximum absolute atomic E-state index is 14.8. The van der Waals surface area contributed by atoms with Gasteiger partial charge in [-0.05, 0) is 65.2 Å². The molecule has 0 spiro atoms. The lowest BCUT2D eigenvalue weighted by Gasteiger charge is -2.31. The molecule has 0 aromatic heterocycles. The first-order chi connectivity index (χ1) is 15.7. The number of alkyl halides is 7. The minimum absolute atomic E-state index is 0.0802. The van der Waals surface area contributed by atoms with Crippen LogP contribution in [0.4, 0.5) is 46.5 Å². The van der Waals surface area contributed by atoms with Gasteiger partial charge in [-0.2, -0.15) is 26.3 Å². The highest BCUT2D eigenvalue weighted by molar-refractivity contribution is 9.10. The summed E-state index contributed by atoms with van der Waals surface area (Å²) in [5.74, 6) is -1.43. The quantitative estimate of drug-likeness (QED) is 0.262. The molecule has 13 heteroatoms. The lowest BCUT2D eigenvalue weighted by molar-refractivity contribution is -0.348. The Kier molecular flexibility index (Phi) is 7.47. The first kappa shape index (κ1) is 26.6. The van der Waals surface area contributed by atoms with E-state index in [-0.39, 0.29) is 16.3 Å². The molecule has 186 valence electrons. The van der Waals surface area contributed by atoms with Crippen molar-refractivity contribution in [3.8, 4) is 0 Å². The van der Waals surface area contributed by atoms with Gasteiger partial charge in [-0.1, -0.05) is 6.07 Å². The second-order valence-electron chi connectivity index (χ2n) is 7.63. The summed E-state index contributed by atoms with van der Waals surface area (Å²) in [6, 6.07) is 4.68. The summed E-state index contributed by atoms with van der Waals surface area (Å²) in [6.45, 7) is 0.523. The van der Waals surface area contributed by atoms with E-state index in [1.165, 1.54) is 24.5 Å². The van der Waals surface area contributed by atoms with Crippen LogP contribution in [0.15, 0.2) is 39.7 Å². The summed E-state index contributed by atoms with van der Waals surface area (Å²) in [4.78, 5) is 12.4. The Bertz CT molecular complexity index is 1070. The van der Waals surface area contributed by atoms with Gasteiger partial charge in [0.05, 0.1) is 16.9 Å². The first-order valence-electron chi connectivity index (χ1n) is 9.74. The van der Waals surface area contributed by atoms with Crippen molar-refractivity contribution in [3.05, 3.63) is 51.7 Å². The summed E-state index contributed by atoms with van der Waals surface area (Å²) in [7, 11) is 0. The van der Waals surface area contributed by atoms with Crippen LogP contribution < -0.4 is 10.6 Å². The van der Waals surface area contributed by atoms with E-state index in [1.54, 1.807) is 0 Å². The average Bonchev–Trinajstić information content (AvgIpc) is 3.56. The molecule has 0 heterocycles. The van der Waals surface area contributed by atoms with E-state index in [1.807, 2.05) is 0 Å². The maximum atomic E-state index is 14.8. The third-order valence-corrected chi connectivity index (χ3v) is 6.60. The molecule has 2 N–H and O–H groups in total. The molecule has 34 heavy (non-hydrogen) atoms. The number of rotatable bonds is 7. The van der Waals surface area contributed by atoms with Gasteiger partial charge in [0.15, 0.2) is 5.82 Å². The van der Waals surface area contributed by atoms with E-state index in [0.717, 1.165) is 12.8 Å². The monoisotopic (exact) mass is 576 g/mol. The van der Waals surface area contributed by atoms with Crippen LogP contribution in [0.2, 0.25) is 0 Å². The number of anilines is 2. The summed E-state index contributed by atoms with van der Waals surface area (Å²) in [5, 5.41) is 5.19. The van der Waals surface area contributed by atoms with Crippen molar-refractivity contribution in [3.63, 3.8) is 0 Å². The maximum Gasteiger partial charge on any atom is 0.435 e. The molecule has 2 aromatic rings. The molecular weight excluding hydrogens is 560 g/mol. The van der Waals surface area contributed by atoms with E-state index in [2.05, 4.69) is 26.6 Å². The van der Waals surface area contributed by atoms with E-state index < -0.39 is 45.3 Å². The Morgan fingerprint density at radius 3 is 2.24 bits per heavy atom. The van der Waals surface area contributed by atoms with Gasteiger partial charge in [0.1, 0.15) is 0 Å². The Morgan fingerprint density at radius 1 is 1.09 bits per heavy atom. The largest absolute Gasteiger partial charge is 0.435 e. The van der Waals surface area contributed by atoms with Gasteiger partial charge >= 0.3 is 18.0 Å². The van der Waals surface area contributed by atoms with E-state index in [4.69, 9.17) is 0 Å². The summed E-state index contributed by atoms with van der Waals surface area (Å²) >= 11 is 3.48. The second kappa shape index (κ2) is 9.56. The molecule has 0 atom stereocenters. The number of nitrogens with one attached hydrogen (secondary N) is 2. The Balaban J connectivity index is 1.96. The number of carbonyl (C=O) groups excluding carboxylic acids is 1. The van der Waals surface area contributed by atoms with Crippen LogP contribution in [0.3, 0.4) is 0 Å². The minimum atomic E-state index is -6.29. The molecule has 0 aliphatic heterocycles. The lowest BCUT2D eigenvalue weighted by atomic mass is 9.94. The Labute approximate surface area is 201 Å². The van der Waals surface area contributed by atoms with Crippen molar-refractivity contribution < 1.29 is 39.9 Å². The molecule has 1 amide bonds. The van der Waals surface area contributed by atoms with Crippen LogP contribution in [0.5, 0.6) is 0 Å². The van der Waals surface area contributed by atoms with Crippen LogP contribution in [-0.2, 0) is 5.67 Å². The molecule has 0 bridgehead atoms. The van der Waals surface area contributed by atoms with Crippen LogP contribution in [0.25, 0.3) is 0 Å². The highest BCUT2D eigenvalue weighted by Crippen LogP contribution is 2.54. The molecule has 1 fully saturated rings. The second-order valence-corrected chi connectivity index (χ2v) is 9.34. The average molecular weight is 577 g/mol. The molecule has 0 unspecified atom stereocenters. The third-order valence-electron chi connectivity index (χ3n) is 5.21. The zero-order valence-corrected chi connectivity index (χ0v) is 19.7. The van der Waals surface area contributed by atoms with Crippen molar-refractivity contribution in [1.29, 1.82) is 0 Å². The number of thioether (sulfide) groups is 1. The van der Waals surface area contributed by atoms with Gasteiger partial charge in [-0.3, -0.25) is 4.79 Å². The summed E-state index contributed by atoms with van der Waals surface area (Å²) < 4.78 is 108. The standard InChI is InChI=1S/C21H17BrF8N2OS/c1-34-15-8-11(19(24,20(25,26)27)21(28,29)30)7-13(22)17(15)32-18(33)12-3-2-4-14(16(12)23)31-9-10-5-6-10/h2-4,7-8,10,31H,5-6,9H2,1H3,(H,32,33). The highest BCUT2D eigenvalue weighted by atomic mass is 79.9. The summed E-state index contributed by atoms with van der Waals surface area (Å²) in [6.07, 6.45) is -9.24. The molecule has 3 rings (SSSR count). The van der Waals surface area contributed by atoms with Gasteiger partial charge in [0, 0.05) is 21.5 Å². The van der Waals surface area contributed by atoms with Crippen molar-refractivity contribution in [2.75, 3.05) is 23.4 Å². The predicted octanol–water partition coefficient (Wildman–Crippen LogP) is 7.67. The number of benzene rings is 2. The van der Waals surface area contributed by atoms with Gasteiger partial charge in [-0.15, -0.1) is 11.8 Å². The molecule has 1 aliphatic carbocycles. The fourth-order valence-corrected chi connectivity index (χ4v) is 4.45. The van der Waals surface area contributed by atoms with Crippen molar-refractivity contribution >= 4 is 45.0 Å². The van der Waals surface area contributed by atoms with Gasteiger partial charge in [-0.25, -0.2) is 8.78 Å². The molecule has 1 aliphatic rings. The van der Waals surface area contributed by atoms with Crippen molar-refractivity contribution in [2.24, 2.45) is 5.92 Å². The van der Waals surface area contributed by atoms with Crippen molar-refractivity contribution in [2.45, 2.75) is 35.8 Å². The van der Waals surface area contributed by atoms with Crippen LogP contribution in [0, 0.1) is 11.7 Å². The molecule has 1 saturated carbocycles. The van der Waals surface area contributed by atoms with Gasteiger partial charge in [0.2, 0.25) is 0 Å². The lowest BCUT2D eigenvalue weighted by Crippen LogP contribution is -2.50. The van der Waals surface area contributed by atoms with Crippen molar-refractivity contribution in [1.82, 2.24) is 0 Å². The summed E-state index contributed by atoms with van der Waals surface area (Å²) in [5.41, 5.74) is -7.89. The number of halogens is 9. The molecule has 3 nitrogen and oxygen atoms in total. The first-order valence-corrected chi connectivity index (χ1v) is 11.8. The number of carbonyl (C=O) groups is 1. The SMILES string of the molecule is CSc1cc(C(F)(C(F)(F)F)C(F)(F)F)cc(Br)c1NC(=O)c1cccc(NCC2CC2)c1F. The number of amides is 1. The minimum Gasteiger partial charge on any atom is -0.382 e. The third kappa shape index (κ3) is 5.14. The zero-order chi connectivity index (χ0) is 25.5. The smallest absolute Gasteiger partial charge is 0.382 e. The van der Waals surface area contributed by atoms with Crippen LogP contribution in [-0.4, -0.2) is 31.1 Å². The molecular formula is C21H17BrF8N2OS. The normalized spacial score (nSPS) is 14.8. The van der Waals surface area contributed by atoms with Crippen LogP contribution >= 0.6 is 27.7 Å². The molecule has 2 aromatic carbocycles. The molecule has 0 radical (unpaired) electrons. The number of hydrogen-bond acceptors (Lipinski definition) is 3. The Morgan fingerprint density at radius 2 is 1.71 bits per heavy atom. The van der Waals surface area contributed by atoms with Gasteiger partial charge < -0.3 is 10.6 Å². The highest BCUT2D eigenvalue weighted by Gasteiger charge is 2.73. The topological polar surface area (TPSA) is 41.1 Å². The van der Waals surface area contributed by atoms with Gasteiger partial charge in [0.25, 0.3) is 5.91 Å². The zero-order valence-electron chi connectivity index (χ0n) is 17.3. The fourth-order valence-electron chi connectivity index (χ4n) is 3.15. The van der Waals surface area contributed by atoms with E-state index in [9.17, 15) is 39.9 Å². The number of hydrogen-bond donors (Lipinski definition) is 2. The molecule has 0 saturated heterocycles.